The van der Waals surface area contributed by atoms with Gasteiger partial charge in [-0.3, -0.25) is 0 Å². The predicted octanol–water partition coefficient (Wildman–Crippen LogP) is 8.59. The van der Waals surface area contributed by atoms with E-state index in [0.29, 0.717) is 35.8 Å². The topological polar surface area (TPSA) is 105 Å². The molecule has 0 unspecified atom stereocenters. The molecule has 48 heavy (non-hydrogen) atoms. The van der Waals surface area contributed by atoms with Crippen molar-refractivity contribution in [3.8, 4) is 33.8 Å². The number of carbonyl (C=O) groups excluding carboxylic acids is 4. The highest BCUT2D eigenvalue weighted by Gasteiger charge is 2.15. The van der Waals surface area contributed by atoms with Gasteiger partial charge in [-0.1, -0.05) is 68.4 Å². The van der Waals surface area contributed by atoms with Crippen molar-refractivity contribution in [3.63, 3.8) is 0 Å². The Balaban J connectivity index is 1.17. The van der Waals surface area contributed by atoms with Gasteiger partial charge < -0.3 is 18.9 Å². The van der Waals surface area contributed by atoms with E-state index in [1.54, 1.807) is 66.7 Å². The molecule has 0 fully saturated rings. The van der Waals surface area contributed by atoms with Gasteiger partial charge in [-0.25, -0.2) is 19.2 Å². The van der Waals surface area contributed by atoms with Crippen molar-refractivity contribution in [1.29, 1.82) is 0 Å². The lowest BCUT2D eigenvalue weighted by Crippen LogP contribution is -2.12. The Bertz CT molecular complexity index is 1740. The van der Waals surface area contributed by atoms with Crippen molar-refractivity contribution >= 4 is 23.9 Å². The van der Waals surface area contributed by atoms with E-state index in [9.17, 15) is 19.2 Å². The summed E-state index contributed by atoms with van der Waals surface area (Å²) in [5.41, 5.74) is 4.88. The molecule has 0 amide bonds. The van der Waals surface area contributed by atoms with Crippen LogP contribution in [0.1, 0.15) is 68.1 Å². The third-order valence-electron chi connectivity index (χ3n) is 7.25. The number of ether oxygens (including phenoxy) is 4. The van der Waals surface area contributed by atoms with Gasteiger partial charge in [0, 0.05) is 0 Å². The Morgan fingerprint density at radius 1 is 0.417 bits per heavy atom. The second-order valence-electron chi connectivity index (χ2n) is 10.8. The van der Waals surface area contributed by atoms with Gasteiger partial charge in [0.05, 0.1) is 35.5 Å². The molecule has 0 heterocycles. The highest BCUT2D eigenvalue weighted by molar-refractivity contribution is 5.97. The van der Waals surface area contributed by atoms with E-state index >= 15 is 0 Å². The molecule has 8 nitrogen and oxygen atoms in total. The standard InChI is InChI=1S/C40H34O8/c1-3-24-45-37(41)31-12-8-27(9-13-31)29-16-20-35(21-17-29)47-39(43)33-6-5-7-34(26-33)40(44)48-36-22-18-30(19-23-36)28-10-14-32(15-11-28)38(42)46-25-4-2/h5-23,26H,3-4,24-25H2,1-2H3. The van der Waals surface area contributed by atoms with Crippen LogP contribution < -0.4 is 9.47 Å². The Morgan fingerprint density at radius 3 is 1.08 bits per heavy atom. The molecule has 0 spiro atoms. The second-order valence-corrected chi connectivity index (χ2v) is 10.8. The first-order valence-electron chi connectivity index (χ1n) is 15.6. The van der Waals surface area contributed by atoms with Crippen LogP contribution >= 0.6 is 0 Å². The van der Waals surface area contributed by atoms with E-state index in [4.69, 9.17) is 18.9 Å². The van der Waals surface area contributed by atoms with Gasteiger partial charge in [0.15, 0.2) is 0 Å². The van der Waals surface area contributed by atoms with Crippen molar-refractivity contribution in [2.24, 2.45) is 0 Å². The molecule has 0 aliphatic heterocycles. The van der Waals surface area contributed by atoms with Crippen LogP contribution in [0.4, 0.5) is 0 Å². The van der Waals surface area contributed by atoms with Crippen LogP contribution in [0, 0.1) is 0 Å². The average Bonchev–Trinajstić information content (AvgIpc) is 3.13. The van der Waals surface area contributed by atoms with E-state index in [1.807, 2.05) is 62.4 Å². The lowest BCUT2D eigenvalue weighted by Gasteiger charge is -2.09. The van der Waals surface area contributed by atoms with Crippen LogP contribution in [0.15, 0.2) is 121 Å². The fourth-order valence-electron chi connectivity index (χ4n) is 4.69. The average molecular weight is 643 g/mol. The van der Waals surface area contributed by atoms with Gasteiger partial charge in [0.2, 0.25) is 0 Å². The van der Waals surface area contributed by atoms with Gasteiger partial charge in [-0.05, 0) is 102 Å². The molecule has 0 atom stereocenters. The maximum Gasteiger partial charge on any atom is 0.343 e. The number of benzene rings is 5. The van der Waals surface area contributed by atoms with Gasteiger partial charge >= 0.3 is 23.9 Å². The molecule has 0 bridgehead atoms. The third kappa shape index (κ3) is 8.61. The third-order valence-corrected chi connectivity index (χ3v) is 7.25. The smallest absolute Gasteiger partial charge is 0.343 e. The summed E-state index contributed by atoms with van der Waals surface area (Å²) in [6, 6.07) is 34.2. The van der Waals surface area contributed by atoms with E-state index in [2.05, 4.69) is 0 Å². The minimum atomic E-state index is -0.624. The van der Waals surface area contributed by atoms with Gasteiger partial charge in [0.1, 0.15) is 11.5 Å². The van der Waals surface area contributed by atoms with Crippen molar-refractivity contribution in [3.05, 3.63) is 144 Å². The van der Waals surface area contributed by atoms with Gasteiger partial charge in [-0.15, -0.1) is 0 Å². The van der Waals surface area contributed by atoms with E-state index in [1.165, 1.54) is 6.07 Å². The van der Waals surface area contributed by atoms with Crippen molar-refractivity contribution in [1.82, 2.24) is 0 Å². The number of rotatable bonds is 12. The molecular formula is C40H34O8. The molecule has 0 saturated heterocycles. The largest absolute Gasteiger partial charge is 0.462 e. The minimum Gasteiger partial charge on any atom is -0.462 e. The first kappa shape index (κ1) is 33.3. The summed E-state index contributed by atoms with van der Waals surface area (Å²) >= 11 is 0. The molecule has 5 rings (SSSR count). The Hall–Kier alpha value is -6.02. The van der Waals surface area contributed by atoms with Crippen LogP contribution in [-0.2, 0) is 9.47 Å². The molecule has 0 saturated carbocycles. The molecule has 242 valence electrons. The van der Waals surface area contributed by atoms with Crippen LogP contribution in [-0.4, -0.2) is 37.1 Å². The lowest BCUT2D eigenvalue weighted by atomic mass is 10.0. The normalized spacial score (nSPS) is 10.5. The summed E-state index contributed by atoms with van der Waals surface area (Å²) in [6.07, 6.45) is 1.52. The predicted molar refractivity (Wildman–Crippen MR) is 181 cm³/mol. The maximum absolute atomic E-state index is 12.9. The molecule has 0 radical (unpaired) electrons. The van der Waals surface area contributed by atoms with Crippen LogP contribution in [0.5, 0.6) is 11.5 Å². The Morgan fingerprint density at radius 2 is 0.750 bits per heavy atom. The van der Waals surface area contributed by atoms with Crippen molar-refractivity contribution in [2.45, 2.75) is 26.7 Å². The van der Waals surface area contributed by atoms with Crippen molar-refractivity contribution in [2.75, 3.05) is 13.2 Å². The number of hydrogen-bond donors (Lipinski definition) is 0. The quantitative estimate of drug-likeness (QED) is 0.0984. The highest BCUT2D eigenvalue weighted by atomic mass is 16.5. The van der Waals surface area contributed by atoms with Crippen LogP contribution in [0.2, 0.25) is 0 Å². The zero-order valence-electron chi connectivity index (χ0n) is 26.6. The minimum absolute atomic E-state index is 0.191. The molecular weight excluding hydrogens is 608 g/mol. The first-order valence-corrected chi connectivity index (χ1v) is 15.6. The fraction of sp³-hybridized carbons (Fsp3) is 0.150. The molecule has 5 aromatic carbocycles. The monoisotopic (exact) mass is 642 g/mol. The zero-order valence-corrected chi connectivity index (χ0v) is 26.6. The second kappa shape index (κ2) is 16.0. The lowest BCUT2D eigenvalue weighted by molar-refractivity contribution is 0.0496. The molecule has 5 aromatic rings. The SMILES string of the molecule is CCCOC(=O)c1ccc(-c2ccc(OC(=O)c3cccc(C(=O)Oc4ccc(-c5ccc(C(=O)OCCC)cc5)cc4)c3)cc2)cc1. The van der Waals surface area contributed by atoms with E-state index in [0.717, 1.165) is 35.1 Å². The van der Waals surface area contributed by atoms with E-state index < -0.39 is 11.9 Å². The molecule has 8 heteroatoms. The highest BCUT2D eigenvalue weighted by Crippen LogP contribution is 2.25. The summed E-state index contributed by atoms with van der Waals surface area (Å²) in [5.74, 6) is -1.29. The molecule has 0 aliphatic carbocycles. The van der Waals surface area contributed by atoms with Crippen LogP contribution in [0.25, 0.3) is 22.3 Å². The molecule has 0 aromatic heterocycles. The van der Waals surface area contributed by atoms with Gasteiger partial charge in [-0.2, -0.15) is 0 Å². The van der Waals surface area contributed by atoms with Gasteiger partial charge in [0.25, 0.3) is 0 Å². The maximum atomic E-state index is 12.9. The molecule has 0 N–H and O–H groups in total. The Labute approximate surface area is 278 Å². The van der Waals surface area contributed by atoms with E-state index in [-0.39, 0.29) is 23.1 Å². The summed E-state index contributed by atoms with van der Waals surface area (Å²) in [5, 5.41) is 0. The summed E-state index contributed by atoms with van der Waals surface area (Å²) in [6.45, 7) is 4.63. The zero-order chi connectivity index (χ0) is 33.9. The summed E-state index contributed by atoms with van der Waals surface area (Å²) in [4.78, 5) is 49.9. The Kier molecular flexibility index (Phi) is 11.1. The first-order chi connectivity index (χ1) is 23.3. The molecule has 0 aliphatic rings. The van der Waals surface area contributed by atoms with Crippen LogP contribution in [0.3, 0.4) is 0 Å². The number of esters is 4. The number of carbonyl (C=O) groups is 4. The number of hydrogen-bond acceptors (Lipinski definition) is 8. The summed E-state index contributed by atoms with van der Waals surface area (Å²) in [7, 11) is 0. The fourth-order valence-corrected chi connectivity index (χ4v) is 4.69. The van der Waals surface area contributed by atoms with Crippen molar-refractivity contribution < 1.29 is 38.1 Å². The summed E-state index contributed by atoms with van der Waals surface area (Å²) < 4.78 is 21.4.